The Hall–Kier alpha value is -1.41. The summed E-state index contributed by atoms with van der Waals surface area (Å²) in [6.45, 7) is 6.00. The Morgan fingerprint density at radius 3 is 2.53 bits per heavy atom. The number of aryl methyl sites for hydroxylation is 3. The molecule has 0 saturated heterocycles. The van der Waals surface area contributed by atoms with Crippen molar-refractivity contribution in [2.24, 2.45) is 0 Å². The normalized spacial score (nSPS) is 10.6. The van der Waals surface area contributed by atoms with E-state index in [0.717, 1.165) is 29.1 Å². The molecule has 0 unspecified atom stereocenters. The fourth-order valence-corrected chi connectivity index (χ4v) is 1.98. The van der Waals surface area contributed by atoms with E-state index in [1.54, 1.807) is 0 Å². The van der Waals surface area contributed by atoms with E-state index in [0.29, 0.717) is 5.15 Å². The minimum Gasteiger partial charge on any atom is -0.248 e. The number of rotatable bonds is 2. The second-order valence-corrected chi connectivity index (χ2v) is 4.45. The first kappa shape index (κ1) is 12.1. The van der Waals surface area contributed by atoms with Gasteiger partial charge in [0.1, 0.15) is 5.69 Å². The topological polar surface area (TPSA) is 25.8 Å². The Morgan fingerprint density at radius 1 is 1.12 bits per heavy atom. The van der Waals surface area contributed by atoms with Crippen LogP contribution in [-0.4, -0.2) is 9.97 Å². The molecule has 0 fully saturated rings. The summed E-state index contributed by atoms with van der Waals surface area (Å²) in [4.78, 5) is 8.83. The van der Waals surface area contributed by atoms with E-state index < -0.39 is 0 Å². The molecule has 2 rings (SSSR count). The molecule has 0 aliphatic rings. The van der Waals surface area contributed by atoms with E-state index in [2.05, 4.69) is 29.0 Å². The first-order chi connectivity index (χ1) is 8.11. The number of benzene rings is 1. The lowest BCUT2D eigenvalue weighted by Crippen LogP contribution is -1.96. The van der Waals surface area contributed by atoms with Gasteiger partial charge in [-0.2, -0.15) is 0 Å². The SMILES string of the molecule is CCc1cccc(-c2nc(C)c(C)nc2Cl)c1. The van der Waals surface area contributed by atoms with Gasteiger partial charge in [-0.3, -0.25) is 0 Å². The van der Waals surface area contributed by atoms with Crippen LogP contribution in [0.2, 0.25) is 5.15 Å². The molecule has 17 heavy (non-hydrogen) atoms. The summed E-state index contributed by atoms with van der Waals surface area (Å²) in [7, 11) is 0. The molecule has 0 amide bonds. The number of hydrogen-bond donors (Lipinski definition) is 0. The first-order valence-corrected chi connectivity index (χ1v) is 6.09. The molecule has 0 bridgehead atoms. The van der Waals surface area contributed by atoms with Crippen LogP contribution in [0.5, 0.6) is 0 Å². The van der Waals surface area contributed by atoms with Gasteiger partial charge >= 0.3 is 0 Å². The van der Waals surface area contributed by atoms with E-state index in [1.807, 2.05) is 26.0 Å². The van der Waals surface area contributed by atoms with Gasteiger partial charge in [0, 0.05) is 5.56 Å². The van der Waals surface area contributed by atoms with Crippen LogP contribution in [0.1, 0.15) is 23.9 Å². The zero-order valence-electron chi connectivity index (χ0n) is 10.3. The minimum absolute atomic E-state index is 0.473. The molecule has 1 heterocycles. The maximum Gasteiger partial charge on any atom is 0.155 e. The van der Waals surface area contributed by atoms with Gasteiger partial charge in [-0.05, 0) is 31.9 Å². The summed E-state index contributed by atoms with van der Waals surface area (Å²) in [6.07, 6.45) is 1.00. The Bertz CT molecular complexity index is 550. The lowest BCUT2D eigenvalue weighted by molar-refractivity contribution is 1.05. The molecule has 0 aliphatic heterocycles. The third kappa shape index (κ3) is 2.47. The van der Waals surface area contributed by atoms with E-state index in [-0.39, 0.29) is 0 Å². The van der Waals surface area contributed by atoms with Crippen LogP contribution in [0.3, 0.4) is 0 Å². The smallest absolute Gasteiger partial charge is 0.155 e. The van der Waals surface area contributed by atoms with Gasteiger partial charge in [0.15, 0.2) is 5.15 Å². The zero-order chi connectivity index (χ0) is 12.4. The number of aromatic nitrogens is 2. The zero-order valence-corrected chi connectivity index (χ0v) is 11.0. The predicted molar refractivity (Wildman–Crippen MR) is 71.3 cm³/mol. The van der Waals surface area contributed by atoms with Crippen molar-refractivity contribution in [3.8, 4) is 11.3 Å². The Balaban J connectivity index is 2.56. The monoisotopic (exact) mass is 246 g/mol. The number of halogens is 1. The third-order valence-corrected chi connectivity index (χ3v) is 3.14. The highest BCUT2D eigenvalue weighted by Gasteiger charge is 2.09. The van der Waals surface area contributed by atoms with Crippen molar-refractivity contribution in [3.05, 3.63) is 46.4 Å². The molecule has 0 aliphatic carbocycles. The fraction of sp³-hybridized carbons (Fsp3) is 0.286. The quantitative estimate of drug-likeness (QED) is 0.801. The molecule has 0 atom stereocenters. The molecular formula is C14H15ClN2. The van der Waals surface area contributed by atoms with Crippen LogP contribution in [0.25, 0.3) is 11.3 Å². The van der Waals surface area contributed by atoms with Crippen molar-refractivity contribution in [3.63, 3.8) is 0 Å². The lowest BCUT2D eigenvalue weighted by atomic mass is 10.1. The van der Waals surface area contributed by atoms with Gasteiger partial charge in [-0.1, -0.05) is 36.7 Å². The third-order valence-electron chi connectivity index (χ3n) is 2.87. The highest BCUT2D eigenvalue weighted by Crippen LogP contribution is 2.26. The molecule has 0 radical (unpaired) electrons. The summed E-state index contributed by atoms with van der Waals surface area (Å²) < 4.78 is 0. The van der Waals surface area contributed by atoms with Crippen molar-refractivity contribution >= 4 is 11.6 Å². The maximum absolute atomic E-state index is 6.16. The van der Waals surface area contributed by atoms with E-state index in [9.17, 15) is 0 Å². The molecular weight excluding hydrogens is 232 g/mol. The average Bonchev–Trinajstić information content (AvgIpc) is 2.34. The van der Waals surface area contributed by atoms with Crippen molar-refractivity contribution in [1.82, 2.24) is 9.97 Å². The second kappa shape index (κ2) is 4.84. The van der Waals surface area contributed by atoms with Gasteiger partial charge in [-0.15, -0.1) is 0 Å². The fourth-order valence-electron chi connectivity index (χ4n) is 1.70. The molecule has 2 aromatic rings. The van der Waals surface area contributed by atoms with Gasteiger partial charge in [0.25, 0.3) is 0 Å². The van der Waals surface area contributed by atoms with Crippen LogP contribution in [-0.2, 0) is 6.42 Å². The minimum atomic E-state index is 0.473. The molecule has 0 saturated carbocycles. The Labute approximate surface area is 107 Å². The van der Waals surface area contributed by atoms with Crippen LogP contribution in [0.15, 0.2) is 24.3 Å². The Kier molecular flexibility index (Phi) is 3.43. The summed E-state index contributed by atoms with van der Waals surface area (Å²) in [6, 6.07) is 8.27. The molecule has 1 aromatic carbocycles. The molecule has 2 nitrogen and oxygen atoms in total. The highest BCUT2D eigenvalue weighted by molar-refractivity contribution is 6.31. The maximum atomic E-state index is 6.16. The number of nitrogens with zero attached hydrogens (tertiary/aromatic N) is 2. The average molecular weight is 247 g/mol. The van der Waals surface area contributed by atoms with Gasteiger partial charge < -0.3 is 0 Å². The van der Waals surface area contributed by atoms with Crippen molar-refractivity contribution < 1.29 is 0 Å². The molecule has 1 aromatic heterocycles. The largest absolute Gasteiger partial charge is 0.248 e. The van der Waals surface area contributed by atoms with E-state index >= 15 is 0 Å². The second-order valence-electron chi connectivity index (χ2n) is 4.09. The summed E-state index contributed by atoms with van der Waals surface area (Å²) >= 11 is 6.16. The number of hydrogen-bond acceptors (Lipinski definition) is 2. The predicted octanol–water partition coefficient (Wildman–Crippen LogP) is 3.98. The highest BCUT2D eigenvalue weighted by atomic mass is 35.5. The van der Waals surface area contributed by atoms with Crippen LogP contribution < -0.4 is 0 Å². The van der Waals surface area contributed by atoms with Crippen LogP contribution in [0.4, 0.5) is 0 Å². The molecule has 0 spiro atoms. The van der Waals surface area contributed by atoms with E-state index in [4.69, 9.17) is 11.6 Å². The summed E-state index contributed by atoms with van der Waals surface area (Å²) in [5, 5.41) is 0.473. The van der Waals surface area contributed by atoms with Crippen LogP contribution >= 0.6 is 11.6 Å². The molecule has 0 N–H and O–H groups in total. The van der Waals surface area contributed by atoms with Crippen molar-refractivity contribution in [1.29, 1.82) is 0 Å². The van der Waals surface area contributed by atoms with Gasteiger partial charge in [0.05, 0.1) is 11.4 Å². The Morgan fingerprint density at radius 2 is 1.82 bits per heavy atom. The standard InChI is InChI=1S/C14H15ClN2/c1-4-11-6-5-7-12(8-11)13-14(15)17-10(3)9(2)16-13/h5-8H,4H2,1-3H3. The van der Waals surface area contributed by atoms with Crippen LogP contribution in [0, 0.1) is 13.8 Å². The van der Waals surface area contributed by atoms with Crippen molar-refractivity contribution in [2.45, 2.75) is 27.2 Å². The first-order valence-electron chi connectivity index (χ1n) is 5.72. The van der Waals surface area contributed by atoms with Gasteiger partial charge in [-0.25, -0.2) is 9.97 Å². The van der Waals surface area contributed by atoms with Gasteiger partial charge in [0.2, 0.25) is 0 Å². The lowest BCUT2D eigenvalue weighted by Gasteiger charge is -2.07. The summed E-state index contributed by atoms with van der Waals surface area (Å²) in [5.74, 6) is 0. The van der Waals surface area contributed by atoms with E-state index in [1.165, 1.54) is 5.56 Å². The molecule has 3 heteroatoms. The summed E-state index contributed by atoms with van der Waals surface area (Å²) in [5.41, 5.74) is 4.88. The molecule has 88 valence electrons. The van der Waals surface area contributed by atoms with Crippen molar-refractivity contribution in [2.75, 3.05) is 0 Å².